The SMILES string of the molecule is Oc1c(Nc2ccc(Cl)cc2)cc(-c2cccc(OCC(F)(F)F)c2)n1-c1ccc(Cl)cc1. The number of halogens is 5. The molecule has 0 fully saturated rings. The van der Waals surface area contributed by atoms with Crippen molar-refractivity contribution in [2.45, 2.75) is 6.18 Å². The Balaban J connectivity index is 1.77. The number of hydrogen-bond acceptors (Lipinski definition) is 3. The van der Waals surface area contributed by atoms with Crippen LogP contribution in [0.3, 0.4) is 0 Å². The minimum absolute atomic E-state index is 0.0559. The van der Waals surface area contributed by atoms with Gasteiger partial charge in [0.2, 0.25) is 5.88 Å². The van der Waals surface area contributed by atoms with Gasteiger partial charge >= 0.3 is 6.18 Å². The number of anilines is 2. The topological polar surface area (TPSA) is 46.4 Å². The molecule has 0 amide bonds. The molecule has 4 rings (SSSR count). The van der Waals surface area contributed by atoms with Crippen molar-refractivity contribution in [1.82, 2.24) is 4.57 Å². The summed E-state index contributed by atoms with van der Waals surface area (Å²) in [5.74, 6) is -0.0377. The Bertz CT molecular complexity index is 1250. The monoisotopic (exact) mass is 492 g/mol. The van der Waals surface area contributed by atoms with Crippen LogP contribution in [-0.4, -0.2) is 22.5 Å². The molecule has 9 heteroatoms. The third-order valence-corrected chi connectivity index (χ3v) is 5.22. The maximum Gasteiger partial charge on any atom is 0.422 e. The van der Waals surface area contributed by atoms with Gasteiger partial charge in [0.05, 0.1) is 5.69 Å². The van der Waals surface area contributed by atoms with Crippen LogP contribution in [0.25, 0.3) is 16.9 Å². The molecular weight excluding hydrogens is 476 g/mol. The van der Waals surface area contributed by atoms with E-state index >= 15 is 0 Å². The first-order valence-corrected chi connectivity index (χ1v) is 10.5. The lowest BCUT2D eigenvalue weighted by molar-refractivity contribution is -0.153. The van der Waals surface area contributed by atoms with Crippen LogP contribution in [-0.2, 0) is 0 Å². The standard InChI is InChI=1S/C24H17Cl2F3N2O2/c25-16-4-8-18(9-5-16)30-21-13-22(31(23(21)32)19-10-6-17(26)7-11-19)15-2-1-3-20(12-15)33-14-24(27,28)29/h1-13,30,32H,14H2. The molecule has 4 nitrogen and oxygen atoms in total. The summed E-state index contributed by atoms with van der Waals surface area (Å²) in [6.07, 6.45) is -4.45. The molecule has 0 aliphatic rings. The molecule has 0 radical (unpaired) electrons. The number of benzene rings is 3. The van der Waals surface area contributed by atoms with E-state index in [0.717, 1.165) is 0 Å². The summed E-state index contributed by atoms with van der Waals surface area (Å²) in [6.45, 7) is -1.40. The number of nitrogens with zero attached hydrogens (tertiary/aromatic N) is 1. The van der Waals surface area contributed by atoms with Gasteiger partial charge in [-0.3, -0.25) is 4.57 Å². The van der Waals surface area contributed by atoms with Gasteiger partial charge in [0.1, 0.15) is 11.4 Å². The molecular formula is C24H17Cl2F3N2O2. The van der Waals surface area contributed by atoms with Crippen molar-refractivity contribution in [3.05, 3.63) is 88.9 Å². The van der Waals surface area contributed by atoms with Crippen molar-refractivity contribution in [3.63, 3.8) is 0 Å². The number of aromatic nitrogens is 1. The average Bonchev–Trinajstić information content (AvgIpc) is 3.10. The molecule has 0 aliphatic heterocycles. The average molecular weight is 493 g/mol. The van der Waals surface area contributed by atoms with E-state index in [1.54, 1.807) is 71.3 Å². The highest BCUT2D eigenvalue weighted by Crippen LogP contribution is 2.39. The van der Waals surface area contributed by atoms with Crippen LogP contribution >= 0.6 is 23.2 Å². The second-order valence-electron chi connectivity index (χ2n) is 7.14. The third kappa shape index (κ3) is 5.56. The predicted octanol–water partition coefficient (Wildman–Crippen LogP) is 7.84. The number of ether oxygens (including phenoxy) is 1. The lowest BCUT2D eigenvalue weighted by atomic mass is 10.1. The van der Waals surface area contributed by atoms with Crippen molar-refractivity contribution in [1.29, 1.82) is 0 Å². The Morgan fingerprint density at radius 1 is 0.879 bits per heavy atom. The Kier molecular flexibility index (Phi) is 6.44. The van der Waals surface area contributed by atoms with Crippen molar-refractivity contribution < 1.29 is 23.0 Å². The second kappa shape index (κ2) is 9.29. The van der Waals surface area contributed by atoms with Gasteiger partial charge in [0.15, 0.2) is 6.61 Å². The highest BCUT2D eigenvalue weighted by atomic mass is 35.5. The highest BCUT2D eigenvalue weighted by Gasteiger charge is 2.28. The van der Waals surface area contributed by atoms with E-state index in [-0.39, 0.29) is 11.6 Å². The smallest absolute Gasteiger partial charge is 0.422 e. The van der Waals surface area contributed by atoms with Crippen molar-refractivity contribution in [3.8, 4) is 28.6 Å². The summed E-state index contributed by atoms with van der Waals surface area (Å²) in [4.78, 5) is 0. The summed E-state index contributed by atoms with van der Waals surface area (Å²) >= 11 is 12.0. The van der Waals surface area contributed by atoms with E-state index in [2.05, 4.69) is 5.32 Å². The fraction of sp³-hybridized carbons (Fsp3) is 0.0833. The summed E-state index contributed by atoms with van der Waals surface area (Å²) in [7, 11) is 0. The molecule has 2 N–H and O–H groups in total. The Hall–Kier alpha value is -3.29. The summed E-state index contributed by atoms with van der Waals surface area (Å²) in [5, 5.41) is 15.3. The van der Waals surface area contributed by atoms with Gasteiger partial charge in [-0.05, 0) is 66.7 Å². The Morgan fingerprint density at radius 3 is 2.15 bits per heavy atom. The summed E-state index contributed by atoms with van der Waals surface area (Å²) < 4.78 is 44.2. The highest BCUT2D eigenvalue weighted by molar-refractivity contribution is 6.30. The van der Waals surface area contributed by atoms with Crippen LogP contribution in [0, 0.1) is 0 Å². The van der Waals surface area contributed by atoms with Crippen molar-refractivity contribution >= 4 is 34.6 Å². The van der Waals surface area contributed by atoms with Crippen LogP contribution in [0.15, 0.2) is 78.9 Å². The summed E-state index contributed by atoms with van der Waals surface area (Å²) in [5.41, 5.74) is 2.77. The number of alkyl halides is 3. The van der Waals surface area contributed by atoms with E-state index in [1.807, 2.05) is 0 Å². The molecule has 1 heterocycles. The molecule has 170 valence electrons. The third-order valence-electron chi connectivity index (χ3n) is 4.72. The molecule has 3 aromatic carbocycles. The second-order valence-corrected chi connectivity index (χ2v) is 8.02. The maximum absolute atomic E-state index is 12.6. The molecule has 0 bridgehead atoms. The van der Waals surface area contributed by atoms with Gasteiger partial charge in [-0.25, -0.2) is 0 Å². The van der Waals surface area contributed by atoms with E-state index < -0.39 is 12.8 Å². The van der Waals surface area contributed by atoms with Gasteiger partial charge in [-0.2, -0.15) is 13.2 Å². The molecule has 4 aromatic rings. The van der Waals surface area contributed by atoms with E-state index in [4.69, 9.17) is 27.9 Å². The molecule has 0 spiro atoms. The van der Waals surface area contributed by atoms with Gasteiger partial charge in [0, 0.05) is 27.0 Å². The van der Waals surface area contributed by atoms with Crippen molar-refractivity contribution in [2.24, 2.45) is 0 Å². The lowest BCUT2D eigenvalue weighted by Crippen LogP contribution is -2.19. The van der Waals surface area contributed by atoms with Crippen LogP contribution in [0.1, 0.15) is 0 Å². The largest absolute Gasteiger partial charge is 0.493 e. The quantitative estimate of drug-likeness (QED) is 0.288. The van der Waals surface area contributed by atoms with Gasteiger partial charge in [-0.15, -0.1) is 0 Å². The lowest BCUT2D eigenvalue weighted by Gasteiger charge is -2.13. The van der Waals surface area contributed by atoms with Crippen LogP contribution in [0.5, 0.6) is 11.6 Å². The van der Waals surface area contributed by atoms with Gasteiger partial charge < -0.3 is 15.2 Å². The predicted molar refractivity (Wildman–Crippen MR) is 124 cm³/mol. The zero-order valence-corrected chi connectivity index (χ0v) is 18.4. The number of hydrogen-bond donors (Lipinski definition) is 2. The minimum Gasteiger partial charge on any atom is -0.493 e. The molecule has 0 aliphatic carbocycles. The molecule has 33 heavy (non-hydrogen) atoms. The molecule has 1 aromatic heterocycles. The summed E-state index contributed by atoms with van der Waals surface area (Å²) in [6, 6.07) is 21.7. The Labute approximate surface area is 197 Å². The maximum atomic E-state index is 12.6. The van der Waals surface area contributed by atoms with Gasteiger partial charge in [-0.1, -0.05) is 35.3 Å². The number of rotatable bonds is 6. The number of aromatic hydroxyl groups is 1. The van der Waals surface area contributed by atoms with Gasteiger partial charge in [0.25, 0.3) is 0 Å². The fourth-order valence-corrected chi connectivity index (χ4v) is 3.51. The molecule has 0 saturated heterocycles. The normalized spacial score (nSPS) is 11.4. The first-order chi connectivity index (χ1) is 15.7. The van der Waals surface area contributed by atoms with Crippen LogP contribution in [0.2, 0.25) is 10.0 Å². The first kappa shape index (κ1) is 22.9. The fourth-order valence-electron chi connectivity index (χ4n) is 3.26. The van der Waals surface area contributed by atoms with E-state index in [0.29, 0.717) is 38.4 Å². The van der Waals surface area contributed by atoms with Crippen molar-refractivity contribution in [2.75, 3.05) is 11.9 Å². The molecule has 0 saturated carbocycles. The molecule has 0 unspecified atom stereocenters. The zero-order valence-electron chi connectivity index (χ0n) is 16.9. The first-order valence-electron chi connectivity index (χ1n) is 9.73. The van der Waals surface area contributed by atoms with Crippen LogP contribution < -0.4 is 10.1 Å². The van der Waals surface area contributed by atoms with Crippen LogP contribution in [0.4, 0.5) is 24.5 Å². The van der Waals surface area contributed by atoms with E-state index in [1.165, 1.54) is 12.1 Å². The molecule has 0 atom stereocenters. The Morgan fingerprint density at radius 2 is 1.52 bits per heavy atom. The minimum atomic E-state index is -4.45. The zero-order chi connectivity index (χ0) is 23.6. The van der Waals surface area contributed by atoms with E-state index in [9.17, 15) is 18.3 Å². The number of nitrogens with one attached hydrogen (secondary N) is 1.